The molecule has 27 heavy (non-hydrogen) atoms. The molecule has 0 amide bonds. The number of nitrogens with one attached hydrogen (secondary N) is 1. The molecule has 2 aromatic rings. The number of rotatable bonds is 6. The van der Waals surface area contributed by atoms with Crippen molar-refractivity contribution in [1.29, 1.82) is 5.26 Å². The molecule has 1 aliphatic heterocycles. The van der Waals surface area contributed by atoms with Crippen molar-refractivity contribution in [3.63, 3.8) is 0 Å². The molecule has 1 unspecified atom stereocenters. The van der Waals surface area contributed by atoms with Gasteiger partial charge in [0.05, 0.1) is 24.2 Å². The number of nitrogens with zero attached hydrogens (tertiary/aromatic N) is 4. The summed E-state index contributed by atoms with van der Waals surface area (Å²) in [6.45, 7) is 2.93. The van der Waals surface area contributed by atoms with Gasteiger partial charge in [0.15, 0.2) is 0 Å². The number of aromatic nitrogens is 1. The maximum atomic E-state index is 13.7. The topological polar surface area (TPSA) is 104 Å². The highest BCUT2D eigenvalue weighted by molar-refractivity contribution is 5.55. The van der Waals surface area contributed by atoms with Crippen LogP contribution in [0.1, 0.15) is 17.2 Å². The lowest BCUT2D eigenvalue weighted by atomic mass is 10.0. The number of nitriles is 1. The van der Waals surface area contributed by atoms with Gasteiger partial charge in [0.25, 0.3) is 5.69 Å². The van der Waals surface area contributed by atoms with Crippen LogP contribution < -0.4 is 5.32 Å². The zero-order valence-corrected chi connectivity index (χ0v) is 14.5. The Kier molecular flexibility index (Phi) is 5.90. The smallest absolute Gasteiger partial charge is 0.289 e. The summed E-state index contributed by atoms with van der Waals surface area (Å²) >= 11 is 0. The molecule has 0 spiro atoms. The van der Waals surface area contributed by atoms with Crippen molar-refractivity contribution in [3.8, 4) is 6.07 Å². The lowest BCUT2D eigenvalue weighted by Crippen LogP contribution is -2.41. The molecule has 1 aromatic carbocycles. The highest BCUT2D eigenvalue weighted by Crippen LogP contribution is 2.25. The van der Waals surface area contributed by atoms with Gasteiger partial charge < -0.3 is 10.1 Å². The molecule has 1 N–H and O–H groups in total. The summed E-state index contributed by atoms with van der Waals surface area (Å²) in [6, 6.07) is 9.32. The first-order chi connectivity index (χ1) is 13.1. The zero-order chi connectivity index (χ0) is 19.2. The summed E-state index contributed by atoms with van der Waals surface area (Å²) in [5.74, 6) is -0.0605. The van der Waals surface area contributed by atoms with E-state index in [-0.39, 0.29) is 28.9 Å². The molecule has 0 saturated carbocycles. The van der Waals surface area contributed by atoms with Crippen LogP contribution in [0.15, 0.2) is 36.5 Å². The van der Waals surface area contributed by atoms with Gasteiger partial charge in [-0.1, -0.05) is 12.1 Å². The molecule has 1 saturated heterocycles. The highest BCUT2D eigenvalue weighted by atomic mass is 19.1. The number of hydrogen-bond acceptors (Lipinski definition) is 7. The van der Waals surface area contributed by atoms with Gasteiger partial charge in [0.1, 0.15) is 29.5 Å². The van der Waals surface area contributed by atoms with Crippen LogP contribution in [-0.4, -0.2) is 47.7 Å². The summed E-state index contributed by atoms with van der Waals surface area (Å²) in [5.41, 5.74) is 0.640. The maximum Gasteiger partial charge on any atom is 0.289 e. The Bertz CT molecular complexity index is 864. The third kappa shape index (κ3) is 4.55. The third-order valence-electron chi connectivity index (χ3n) is 4.39. The van der Waals surface area contributed by atoms with Crippen molar-refractivity contribution < 1.29 is 14.1 Å². The summed E-state index contributed by atoms with van der Waals surface area (Å²) in [4.78, 5) is 16.4. The minimum Gasteiger partial charge on any atom is -0.379 e. The van der Waals surface area contributed by atoms with Crippen LogP contribution in [0, 0.1) is 27.3 Å². The molecule has 1 atom stereocenters. The first-order valence-electron chi connectivity index (χ1n) is 8.44. The van der Waals surface area contributed by atoms with E-state index >= 15 is 0 Å². The summed E-state index contributed by atoms with van der Waals surface area (Å²) in [6.07, 6.45) is 1.11. The van der Waals surface area contributed by atoms with Gasteiger partial charge in [-0.25, -0.2) is 9.37 Å². The van der Waals surface area contributed by atoms with E-state index in [4.69, 9.17) is 4.74 Å². The fourth-order valence-electron chi connectivity index (χ4n) is 3.03. The van der Waals surface area contributed by atoms with E-state index < -0.39 is 4.92 Å². The predicted molar refractivity (Wildman–Crippen MR) is 95.6 cm³/mol. The second-order valence-electron chi connectivity index (χ2n) is 6.06. The lowest BCUT2D eigenvalue weighted by Gasteiger charge is -2.35. The molecule has 1 aliphatic rings. The minimum absolute atomic E-state index is 0.0872. The summed E-state index contributed by atoms with van der Waals surface area (Å²) in [7, 11) is 0. The number of pyridine rings is 1. The van der Waals surface area contributed by atoms with Crippen molar-refractivity contribution in [1.82, 2.24) is 9.88 Å². The van der Waals surface area contributed by atoms with E-state index in [0.29, 0.717) is 32.8 Å². The Labute approximate surface area is 155 Å². The van der Waals surface area contributed by atoms with Gasteiger partial charge in [0, 0.05) is 25.7 Å². The second-order valence-corrected chi connectivity index (χ2v) is 6.06. The van der Waals surface area contributed by atoms with Gasteiger partial charge in [-0.05, 0) is 17.7 Å². The standard InChI is InChI=1S/C18H18FN5O3/c19-15-3-1-2-13(8-15)17(23-4-6-27-7-5-23)12-22-18-14(10-20)9-16(11-21-18)24(25)26/h1-3,8-9,11,17H,4-7,12H2,(H,21,22). The molecule has 0 bridgehead atoms. The van der Waals surface area contributed by atoms with E-state index in [1.54, 1.807) is 6.07 Å². The number of morpholine rings is 1. The van der Waals surface area contributed by atoms with Crippen LogP contribution in [0.4, 0.5) is 15.9 Å². The number of hydrogen-bond donors (Lipinski definition) is 1. The fourth-order valence-corrected chi connectivity index (χ4v) is 3.03. The average Bonchev–Trinajstić information content (AvgIpc) is 2.69. The van der Waals surface area contributed by atoms with E-state index in [1.807, 2.05) is 12.1 Å². The molecule has 0 radical (unpaired) electrons. The molecular formula is C18H18FN5O3. The number of nitro groups is 1. The van der Waals surface area contributed by atoms with Crippen LogP contribution >= 0.6 is 0 Å². The molecule has 1 fully saturated rings. The van der Waals surface area contributed by atoms with Gasteiger partial charge in [0.2, 0.25) is 0 Å². The molecule has 0 aliphatic carbocycles. The molecule has 3 rings (SSSR count). The Hall–Kier alpha value is -3.09. The van der Waals surface area contributed by atoms with Crippen molar-refractivity contribution in [2.45, 2.75) is 6.04 Å². The van der Waals surface area contributed by atoms with Crippen LogP contribution in [-0.2, 0) is 4.74 Å². The lowest BCUT2D eigenvalue weighted by molar-refractivity contribution is -0.385. The van der Waals surface area contributed by atoms with Crippen LogP contribution in [0.5, 0.6) is 0 Å². The molecule has 9 heteroatoms. The third-order valence-corrected chi connectivity index (χ3v) is 4.39. The van der Waals surface area contributed by atoms with Crippen molar-refractivity contribution >= 4 is 11.5 Å². The maximum absolute atomic E-state index is 13.7. The first kappa shape index (κ1) is 18.7. The summed E-state index contributed by atoms with van der Waals surface area (Å²) in [5, 5.41) is 23.2. The monoisotopic (exact) mass is 371 g/mol. The zero-order valence-electron chi connectivity index (χ0n) is 14.5. The minimum atomic E-state index is -0.596. The normalized spacial score (nSPS) is 15.7. The van der Waals surface area contributed by atoms with E-state index in [1.165, 1.54) is 18.2 Å². The highest BCUT2D eigenvalue weighted by Gasteiger charge is 2.23. The van der Waals surface area contributed by atoms with Gasteiger partial charge in [-0.15, -0.1) is 0 Å². The second kappa shape index (κ2) is 8.53. The Morgan fingerprint density at radius 3 is 2.85 bits per heavy atom. The predicted octanol–water partition coefficient (Wildman–Crippen LogP) is 2.49. The Balaban J connectivity index is 1.82. The number of ether oxygens (including phenoxy) is 1. The van der Waals surface area contributed by atoms with E-state index in [0.717, 1.165) is 11.8 Å². The largest absolute Gasteiger partial charge is 0.379 e. The molecule has 2 heterocycles. The van der Waals surface area contributed by atoms with Crippen molar-refractivity contribution in [2.75, 3.05) is 38.2 Å². The van der Waals surface area contributed by atoms with Crippen molar-refractivity contribution in [3.05, 3.63) is 63.6 Å². The average molecular weight is 371 g/mol. The van der Waals surface area contributed by atoms with Crippen molar-refractivity contribution in [2.24, 2.45) is 0 Å². The fraction of sp³-hybridized carbons (Fsp3) is 0.333. The van der Waals surface area contributed by atoms with Crippen LogP contribution in [0.2, 0.25) is 0 Å². The quantitative estimate of drug-likeness (QED) is 0.614. The first-order valence-corrected chi connectivity index (χ1v) is 8.44. The SMILES string of the molecule is N#Cc1cc([N+](=O)[O-])cnc1NCC(c1cccc(F)c1)N1CCOCC1. The summed E-state index contributed by atoms with van der Waals surface area (Å²) < 4.78 is 19.1. The number of benzene rings is 1. The molecule has 140 valence electrons. The van der Waals surface area contributed by atoms with Gasteiger partial charge in [-0.2, -0.15) is 5.26 Å². The van der Waals surface area contributed by atoms with Gasteiger partial charge in [-0.3, -0.25) is 15.0 Å². The van der Waals surface area contributed by atoms with Crippen LogP contribution in [0.25, 0.3) is 0 Å². The van der Waals surface area contributed by atoms with E-state index in [9.17, 15) is 19.8 Å². The Morgan fingerprint density at radius 1 is 1.41 bits per heavy atom. The van der Waals surface area contributed by atoms with Gasteiger partial charge >= 0.3 is 0 Å². The van der Waals surface area contributed by atoms with Crippen LogP contribution in [0.3, 0.4) is 0 Å². The molecule has 1 aromatic heterocycles. The molecule has 8 nitrogen and oxygen atoms in total. The number of halogens is 1. The molecular weight excluding hydrogens is 353 g/mol. The van der Waals surface area contributed by atoms with E-state index in [2.05, 4.69) is 15.2 Å². The Morgan fingerprint density at radius 2 is 2.19 bits per heavy atom. The number of anilines is 1.